The summed E-state index contributed by atoms with van der Waals surface area (Å²) in [4.78, 5) is 37.0. The van der Waals surface area contributed by atoms with E-state index in [2.05, 4.69) is 0 Å². The van der Waals surface area contributed by atoms with Crippen LogP contribution in [0.25, 0.3) is 0 Å². The molecule has 6 heteroatoms. The molecular formula is C15H25NO5. The minimum absolute atomic E-state index is 0.0477. The summed E-state index contributed by atoms with van der Waals surface area (Å²) in [5.41, 5.74) is -1.09. The van der Waals surface area contributed by atoms with Crippen molar-refractivity contribution in [2.75, 3.05) is 20.2 Å². The maximum absolute atomic E-state index is 12.4. The number of rotatable bonds is 5. The Morgan fingerprint density at radius 1 is 1.38 bits per heavy atom. The number of likely N-dealkylation sites (tertiary alicyclic amines) is 1. The zero-order valence-corrected chi connectivity index (χ0v) is 13.2. The molecule has 1 rings (SSSR count). The van der Waals surface area contributed by atoms with Crippen molar-refractivity contribution in [2.24, 2.45) is 17.3 Å². The van der Waals surface area contributed by atoms with Crippen LogP contribution in [0.2, 0.25) is 0 Å². The van der Waals surface area contributed by atoms with Gasteiger partial charge in [0.15, 0.2) is 0 Å². The van der Waals surface area contributed by atoms with Gasteiger partial charge in [-0.3, -0.25) is 14.4 Å². The van der Waals surface area contributed by atoms with E-state index in [1.165, 1.54) is 7.11 Å². The second-order valence-corrected chi connectivity index (χ2v) is 6.26. The van der Waals surface area contributed by atoms with Gasteiger partial charge in [-0.05, 0) is 25.7 Å². The fraction of sp³-hybridized carbons (Fsp3) is 0.800. The predicted octanol–water partition coefficient (Wildman–Crippen LogP) is 1.53. The molecule has 21 heavy (non-hydrogen) atoms. The van der Waals surface area contributed by atoms with Gasteiger partial charge in [-0.1, -0.05) is 13.8 Å². The molecule has 1 N–H and O–H groups in total. The number of carbonyl (C=O) groups excluding carboxylic acids is 2. The number of amides is 1. The molecule has 1 aliphatic rings. The summed E-state index contributed by atoms with van der Waals surface area (Å²) in [5, 5.41) is 9.38. The first kappa shape index (κ1) is 17.5. The number of aliphatic carboxylic acids is 1. The van der Waals surface area contributed by atoms with Crippen LogP contribution in [-0.4, -0.2) is 48.1 Å². The van der Waals surface area contributed by atoms with Gasteiger partial charge >= 0.3 is 11.9 Å². The highest BCUT2D eigenvalue weighted by Gasteiger charge is 2.40. The third-order valence-corrected chi connectivity index (χ3v) is 4.59. The Kier molecular flexibility index (Phi) is 5.75. The quantitative estimate of drug-likeness (QED) is 0.778. The lowest BCUT2D eigenvalue weighted by Crippen LogP contribution is -2.46. The summed E-state index contributed by atoms with van der Waals surface area (Å²) < 4.78 is 4.72. The lowest BCUT2D eigenvalue weighted by molar-refractivity contribution is -0.157. The van der Waals surface area contributed by atoms with Crippen molar-refractivity contribution in [3.63, 3.8) is 0 Å². The summed E-state index contributed by atoms with van der Waals surface area (Å²) >= 11 is 0. The lowest BCUT2D eigenvalue weighted by atomic mass is 9.76. The molecule has 0 aromatic heterocycles. The molecule has 1 heterocycles. The molecule has 1 fully saturated rings. The van der Waals surface area contributed by atoms with Crippen molar-refractivity contribution in [3.05, 3.63) is 0 Å². The van der Waals surface area contributed by atoms with Crippen molar-refractivity contribution in [2.45, 2.75) is 40.0 Å². The zero-order chi connectivity index (χ0) is 16.2. The van der Waals surface area contributed by atoms with E-state index in [1.807, 2.05) is 0 Å². The van der Waals surface area contributed by atoms with E-state index < -0.39 is 11.4 Å². The number of methoxy groups -OCH3 is 1. The van der Waals surface area contributed by atoms with Gasteiger partial charge in [0.1, 0.15) is 0 Å². The van der Waals surface area contributed by atoms with Crippen LogP contribution in [0.4, 0.5) is 0 Å². The largest absolute Gasteiger partial charge is 0.481 e. The predicted molar refractivity (Wildman–Crippen MR) is 76.5 cm³/mol. The average molecular weight is 299 g/mol. The van der Waals surface area contributed by atoms with Crippen molar-refractivity contribution in [1.29, 1.82) is 0 Å². The molecule has 1 aliphatic heterocycles. The molecule has 120 valence electrons. The molecule has 6 nitrogen and oxygen atoms in total. The number of piperidine rings is 1. The monoisotopic (exact) mass is 299 g/mol. The van der Waals surface area contributed by atoms with Gasteiger partial charge < -0.3 is 14.7 Å². The summed E-state index contributed by atoms with van der Waals surface area (Å²) in [7, 11) is 1.34. The van der Waals surface area contributed by atoms with E-state index in [0.29, 0.717) is 19.5 Å². The van der Waals surface area contributed by atoms with E-state index >= 15 is 0 Å². The van der Waals surface area contributed by atoms with E-state index in [0.717, 1.165) is 6.42 Å². The summed E-state index contributed by atoms with van der Waals surface area (Å²) in [6.07, 6.45) is 1.39. The number of carboxylic acid groups (broad SMARTS) is 1. The van der Waals surface area contributed by atoms with Crippen molar-refractivity contribution in [1.82, 2.24) is 4.90 Å². The second-order valence-electron chi connectivity index (χ2n) is 6.26. The van der Waals surface area contributed by atoms with Crippen LogP contribution in [0.5, 0.6) is 0 Å². The van der Waals surface area contributed by atoms with Crippen LogP contribution in [0.15, 0.2) is 0 Å². The smallest absolute Gasteiger partial charge is 0.310 e. The molecule has 0 aromatic rings. The molecule has 1 amide bonds. The highest BCUT2D eigenvalue weighted by Crippen LogP contribution is 2.32. The molecule has 0 spiro atoms. The van der Waals surface area contributed by atoms with Crippen LogP contribution < -0.4 is 0 Å². The maximum atomic E-state index is 12.4. The van der Waals surface area contributed by atoms with Gasteiger partial charge in [-0.2, -0.15) is 0 Å². The number of nitrogens with zero attached hydrogens (tertiary/aromatic N) is 1. The Hall–Kier alpha value is -1.59. The molecular weight excluding hydrogens is 274 g/mol. The Morgan fingerprint density at radius 3 is 2.48 bits per heavy atom. The van der Waals surface area contributed by atoms with E-state index in [1.54, 1.807) is 25.7 Å². The molecule has 2 atom stereocenters. The van der Waals surface area contributed by atoms with Gasteiger partial charge in [-0.15, -0.1) is 0 Å². The van der Waals surface area contributed by atoms with Crippen LogP contribution in [-0.2, 0) is 19.1 Å². The van der Waals surface area contributed by atoms with Crippen LogP contribution >= 0.6 is 0 Å². The lowest BCUT2D eigenvalue weighted by Gasteiger charge is -2.35. The Labute approximate surface area is 125 Å². The van der Waals surface area contributed by atoms with E-state index in [-0.39, 0.29) is 30.1 Å². The summed E-state index contributed by atoms with van der Waals surface area (Å²) in [5.74, 6) is -1.94. The van der Waals surface area contributed by atoms with Crippen molar-refractivity contribution in [3.8, 4) is 0 Å². The summed E-state index contributed by atoms with van der Waals surface area (Å²) in [6.45, 7) is 6.09. The summed E-state index contributed by atoms with van der Waals surface area (Å²) in [6, 6.07) is 0. The van der Waals surface area contributed by atoms with Gasteiger partial charge in [0.2, 0.25) is 5.91 Å². The molecule has 0 radical (unpaired) electrons. The molecule has 0 aliphatic carbocycles. The van der Waals surface area contributed by atoms with Crippen molar-refractivity contribution < 1.29 is 24.2 Å². The minimum Gasteiger partial charge on any atom is -0.481 e. The maximum Gasteiger partial charge on any atom is 0.310 e. The van der Waals surface area contributed by atoms with Gasteiger partial charge in [0.05, 0.1) is 18.4 Å². The third-order valence-electron chi connectivity index (χ3n) is 4.59. The first-order chi connectivity index (χ1) is 9.72. The van der Waals surface area contributed by atoms with Crippen LogP contribution in [0.3, 0.4) is 0 Å². The standard InChI is InChI=1S/C15H25NO5/c1-10(2)15(3,14(19)20)8-12(17)16-7-5-6-11(9-16)13(18)21-4/h10-11H,5-9H2,1-4H3,(H,19,20). The molecule has 0 saturated carbocycles. The second kappa shape index (κ2) is 6.91. The normalized spacial score (nSPS) is 21.8. The molecule has 2 unspecified atom stereocenters. The fourth-order valence-electron chi connectivity index (χ4n) is 2.52. The van der Waals surface area contributed by atoms with Crippen molar-refractivity contribution >= 4 is 17.8 Å². The number of ether oxygens (including phenoxy) is 1. The van der Waals surface area contributed by atoms with Crippen LogP contribution in [0, 0.1) is 17.3 Å². The number of esters is 1. The topological polar surface area (TPSA) is 83.9 Å². The zero-order valence-electron chi connectivity index (χ0n) is 13.2. The van der Waals surface area contributed by atoms with Gasteiger partial charge in [0, 0.05) is 19.5 Å². The fourth-order valence-corrected chi connectivity index (χ4v) is 2.52. The number of hydrogen-bond acceptors (Lipinski definition) is 4. The molecule has 1 saturated heterocycles. The van der Waals surface area contributed by atoms with E-state index in [4.69, 9.17) is 4.74 Å². The Bertz CT molecular complexity index is 420. The molecule has 0 bridgehead atoms. The first-order valence-corrected chi connectivity index (χ1v) is 7.31. The Morgan fingerprint density at radius 2 is 2.00 bits per heavy atom. The number of carbonyl (C=O) groups is 3. The average Bonchev–Trinajstić information content (AvgIpc) is 2.45. The SMILES string of the molecule is COC(=O)C1CCCN(C(=O)CC(C)(C(=O)O)C(C)C)C1. The number of carboxylic acids is 1. The highest BCUT2D eigenvalue weighted by atomic mass is 16.5. The molecule has 0 aromatic carbocycles. The Balaban J connectivity index is 2.74. The highest BCUT2D eigenvalue weighted by molar-refractivity contribution is 5.85. The van der Waals surface area contributed by atoms with Gasteiger partial charge in [-0.25, -0.2) is 0 Å². The number of hydrogen-bond donors (Lipinski definition) is 1. The first-order valence-electron chi connectivity index (χ1n) is 7.31. The van der Waals surface area contributed by atoms with Crippen LogP contribution in [0.1, 0.15) is 40.0 Å². The van der Waals surface area contributed by atoms with Gasteiger partial charge in [0.25, 0.3) is 0 Å². The van der Waals surface area contributed by atoms with E-state index in [9.17, 15) is 19.5 Å². The minimum atomic E-state index is -1.09. The third kappa shape index (κ3) is 3.95.